The Morgan fingerprint density at radius 2 is 0.919 bits per heavy atom. The van der Waals surface area contributed by atoms with E-state index in [4.69, 9.17) is 49.0 Å². The van der Waals surface area contributed by atoms with Crippen molar-refractivity contribution in [2.24, 2.45) is 75.8 Å². The Morgan fingerprint density at radius 3 is 1.23 bits per heavy atom. The van der Waals surface area contributed by atoms with Crippen molar-refractivity contribution >= 4 is 0 Å². The van der Waals surface area contributed by atoms with Crippen LogP contribution in [0.15, 0.2) is 17.0 Å². The first kappa shape index (κ1) is 77.8. The van der Waals surface area contributed by atoms with E-state index >= 15 is 0 Å². The zero-order valence-electron chi connectivity index (χ0n) is 50.8. The van der Waals surface area contributed by atoms with Gasteiger partial charge in [-0.25, -0.2) is 13.8 Å². The molecule has 1 aromatic rings. The van der Waals surface area contributed by atoms with Crippen LogP contribution in [0.4, 0.5) is 61.5 Å². The van der Waals surface area contributed by atoms with Crippen molar-refractivity contribution in [3.63, 3.8) is 0 Å². The maximum absolute atomic E-state index is 12.8. The number of nitrogens with zero attached hydrogens (tertiary/aromatic N) is 8. The molecule has 86 heavy (non-hydrogen) atoms. The number of rotatable bonds is 13. The number of aliphatic hydroxyl groups excluding tert-OH is 3. The highest BCUT2D eigenvalue weighted by molar-refractivity contribution is 5.34. The maximum Gasteiger partial charge on any atom is 0.454 e. The molecule has 0 radical (unpaired) electrons. The molecule has 1 aliphatic carbocycles. The molecule has 8 aliphatic rings. The molecule has 1 saturated carbocycles. The van der Waals surface area contributed by atoms with Crippen molar-refractivity contribution in [1.29, 1.82) is 0 Å². The largest absolute Gasteiger partial charge is 0.454 e. The van der Waals surface area contributed by atoms with Gasteiger partial charge >= 0.3 is 30.1 Å². The van der Waals surface area contributed by atoms with Gasteiger partial charge in [-0.3, -0.25) is 0 Å². The Morgan fingerprint density at radius 1 is 0.547 bits per heavy atom. The predicted molar refractivity (Wildman–Crippen MR) is 299 cm³/mol. The Hall–Kier alpha value is -2.41. The van der Waals surface area contributed by atoms with Gasteiger partial charge in [-0.05, 0) is 170 Å². The smallest absolute Gasteiger partial charge is 0.447 e. The molecule has 508 valence electrons. The third-order valence-corrected chi connectivity index (χ3v) is 18.0. The lowest BCUT2D eigenvalue weighted by Crippen LogP contribution is -2.55. The van der Waals surface area contributed by atoms with Gasteiger partial charge in [0, 0.05) is 69.7 Å². The van der Waals surface area contributed by atoms with Crippen LogP contribution >= 0.6 is 0 Å². The summed E-state index contributed by atoms with van der Waals surface area (Å²) in [7, 11) is 13.4. The molecule has 13 unspecified atom stereocenters. The molecule has 8 fully saturated rings. The number of hydrogen-bond donors (Lipinski definition) is 9. The predicted octanol–water partition coefficient (Wildman–Crippen LogP) is 3.31. The normalized spacial score (nSPS) is 30.2. The molecule has 18 nitrogen and oxygen atoms in total. The van der Waals surface area contributed by atoms with E-state index in [1.807, 2.05) is 30.9 Å². The molecule has 0 amide bonds. The average molecular weight is 1280 g/mol. The first-order valence-electron chi connectivity index (χ1n) is 29.3. The van der Waals surface area contributed by atoms with Crippen LogP contribution in [-0.2, 0) is 0 Å². The summed E-state index contributed by atoms with van der Waals surface area (Å²) < 4.78 is 178. The number of hydrogen-bond acceptors (Lipinski definition) is 18. The standard InChI is InChI=1S/C9H15N3O.C8H13F5N2.C8H12F4N2.C8H15F3N2.C7H14F2N2.C7H16N2O.C7H15NO2/c1-12-3-2-7(5-12)9(10)8-4-11-6-13-8;1-15-3-2-5(4-15)6(14)7(9,10)8(11,12)13;1-14-3-2-5(4-14)6(13)7(9,10)8(6,11)12;1-13-3-2-6(5-13)7(12)4-8(9,10)11;1-11-3-2-5(4-11)6(10)7(8)9;1-9-3-2-6(4-9)7(8)5-10;1-8-3-2-6(4-8)7(10)5-9/h4,6-7,9H,2-3,5,10H2,1H3;5-6H,2-4,14H2,1H3;5H,2-4,13H2,1H3;6-7H,2-5,12H2,1H3;5-7H,2-4,10H2,1H3;6-7,10H,2-5,8H2,1H3;6-7,9-10H,2-5H2,1H3. The van der Waals surface area contributed by atoms with E-state index < -0.39 is 84.6 Å². The lowest BCUT2D eigenvalue weighted by molar-refractivity contribution is -0.293. The van der Waals surface area contributed by atoms with E-state index in [1.54, 1.807) is 30.1 Å². The van der Waals surface area contributed by atoms with Crippen molar-refractivity contribution in [3.05, 3.63) is 18.4 Å². The minimum Gasteiger partial charge on any atom is -0.447 e. The van der Waals surface area contributed by atoms with Crippen molar-refractivity contribution < 1.29 is 81.2 Å². The maximum atomic E-state index is 12.8. The Kier molecular flexibility index (Phi) is 30.6. The van der Waals surface area contributed by atoms with Gasteiger partial charge in [-0.1, -0.05) is 0 Å². The molecule has 1 aromatic heterocycles. The monoisotopic (exact) mass is 1270 g/mol. The van der Waals surface area contributed by atoms with Crippen LogP contribution in [0.3, 0.4) is 0 Å². The number of aromatic nitrogens is 1. The lowest BCUT2D eigenvalue weighted by atomic mass is 9.94. The number of alkyl halides is 14. The topological polar surface area (TPSA) is 266 Å². The number of nitrogens with two attached hydrogens (primary N) is 6. The molecule has 0 spiro atoms. The minimum absolute atomic E-state index is 0.00613. The summed E-state index contributed by atoms with van der Waals surface area (Å²) in [6, 6.07) is -3.82. The van der Waals surface area contributed by atoms with E-state index in [0.717, 1.165) is 90.2 Å². The van der Waals surface area contributed by atoms with Crippen molar-refractivity contribution in [1.82, 2.24) is 39.3 Å². The molecule has 7 aliphatic heterocycles. The van der Waals surface area contributed by atoms with Crippen LogP contribution in [0.2, 0.25) is 0 Å². The van der Waals surface area contributed by atoms with Crippen LogP contribution in [0.5, 0.6) is 0 Å². The van der Waals surface area contributed by atoms with Gasteiger partial charge < -0.3 is 88.4 Å². The van der Waals surface area contributed by atoms with E-state index in [9.17, 15) is 66.6 Å². The summed E-state index contributed by atoms with van der Waals surface area (Å²) >= 11 is 0. The van der Waals surface area contributed by atoms with Crippen LogP contribution in [0.25, 0.3) is 0 Å². The minimum atomic E-state index is -5.56. The van der Waals surface area contributed by atoms with Crippen LogP contribution in [0, 0.1) is 41.4 Å². The molecular formula is C54H100F14N14O4. The number of oxazole rings is 1. The summed E-state index contributed by atoms with van der Waals surface area (Å²) in [4.78, 5) is 18.1. The fraction of sp³-hybridized carbons (Fsp3) is 0.944. The van der Waals surface area contributed by atoms with Gasteiger partial charge in [0.15, 0.2) is 11.9 Å². The van der Waals surface area contributed by atoms with Crippen LogP contribution in [0.1, 0.15) is 63.2 Å². The molecule has 7 saturated heterocycles. The third-order valence-electron chi connectivity index (χ3n) is 18.0. The molecule has 32 heteroatoms. The van der Waals surface area contributed by atoms with Crippen molar-refractivity contribution in [3.8, 4) is 0 Å². The zero-order chi connectivity index (χ0) is 65.5. The third kappa shape index (κ3) is 22.2. The summed E-state index contributed by atoms with van der Waals surface area (Å²) in [6.07, 6.45) is -4.78. The number of halogens is 14. The number of likely N-dealkylation sites (tertiary alicyclic amines) is 7. The first-order valence-corrected chi connectivity index (χ1v) is 29.3. The average Bonchev–Trinajstić information content (AvgIpc) is 1.49. The Bertz CT molecular complexity index is 2010. The van der Waals surface area contributed by atoms with E-state index in [-0.39, 0.29) is 62.6 Å². The van der Waals surface area contributed by atoms with E-state index in [2.05, 4.69) is 33.8 Å². The second kappa shape index (κ2) is 33.8. The molecular weight excluding hydrogens is 1170 g/mol. The molecule has 13 atom stereocenters. The van der Waals surface area contributed by atoms with Crippen molar-refractivity contribution in [2.75, 3.05) is 154 Å². The van der Waals surface area contributed by atoms with E-state index in [1.165, 1.54) is 6.39 Å². The summed E-state index contributed by atoms with van der Waals surface area (Å²) in [5.41, 5.74) is 30.0. The second-order valence-corrected chi connectivity index (χ2v) is 25.2. The summed E-state index contributed by atoms with van der Waals surface area (Å²) in [6.45, 7) is 11.0. The second-order valence-electron chi connectivity index (χ2n) is 25.2. The van der Waals surface area contributed by atoms with Gasteiger partial charge in [0.1, 0.15) is 5.76 Å². The molecule has 9 rings (SSSR count). The Labute approximate surface area is 497 Å². The van der Waals surface area contributed by atoms with Gasteiger partial charge in [0.05, 0.1) is 50.1 Å². The van der Waals surface area contributed by atoms with Crippen molar-refractivity contribution in [2.45, 2.75) is 130 Å². The highest BCUT2D eigenvalue weighted by Gasteiger charge is 2.96. The SMILES string of the molecule is CN1CCC(C(N)C(F)(F)C(F)(F)F)C1.CN1CCC(C(N)C(F)F)C1.CN1CCC(C(N)CC(F)(F)F)C1.CN1CCC(C(N)CO)C1.CN1CCC(C(N)c2cnco2)C1.CN1CCC(C(O)CO)C1.CN1CCC(C2(N)C(F)(F)C2(F)F)C1. The van der Waals surface area contributed by atoms with Crippen LogP contribution < -0.4 is 34.4 Å². The summed E-state index contributed by atoms with van der Waals surface area (Å²) in [5.74, 6) is -12.4. The summed E-state index contributed by atoms with van der Waals surface area (Å²) in [5, 5.41) is 26.5. The highest BCUT2D eigenvalue weighted by Crippen LogP contribution is 2.68. The van der Waals surface area contributed by atoms with E-state index in [0.29, 0.717) is 44.4 Å². The molecule has 0 aromatic carbocycles. The molecule has 0 bridgehead atoms. The lowest BCUT2D eigenvalue weighted by Gasteiger charge is -2.29. The molecule has 8 heterocycles. The fourth-order valence-corrected chi connectivity index (χ4v) is 12.0. The van der Waals surface area contributed by atoms with Gasteiger partial charge in [0.25, 0.3) is 6.43 Å². The molecule has 15 N–H and O–H groups in total. The van der Waals surface area contributed by atoms with Gasteiger partial charge in [0.2, 0.25) is 0 Å². The first-order chi connectivity index (χ1) is 39.6. The number of aliphatic hydroxyl groups is 3. The van der Waals surface area contributed by atoms with Gasteiger partial charge in [-0.2, -0.15) is 52.7 Å². The zero-order valence-corrected chi connectivity index (χ0v) is 50.8. The highest BCUT2D eigenvalue weighted by atomic mass is 19.4. The quantitative estimate of drug-likeness (QED) is 0.128. The fourth-order valence-electron chi connectivity index (χ4n) is 12.0. The van der Waals surface area contributed by atoms with Gasteiger partial charge in [-0.15, -0.1) is 0 Å². The Balaban J connectivity index is 0.000000264. The van der Waals surface area contributed by atoms with Crippen LogP contribution in [-0.4, -0.2) is 281 Å².